The van der Waals surface area contributed by atoms with Crippen molar-refractivity contribution in [3.63, 3.8) is 0 Å². The van der Waals surface area contributed by atoms with Crippen LogP contribution in [0.15, 0.2) is 72.8 Å². The molecular weight excluding hydrogens is 463 g/mol. The summed E-state index contributed by atoms with van der Waals surface area (Å²) in [6.45, 7) is 0.675. The van der Waals surface area contributed by atoms with E-state index in [0.717, 1.165) is 27.7 Å². The highest BCUT2D eigenvalue weighted by Crippen LogP contribution is 2.31. The third kappa shape index (κ3) is 3.80. The number of aryl methyl sites for hydroxylation is 1. The molecule has 4 nitrogen and oxygen atoms in total. The summed E-state index contributed by atoms with van der Waals surface area (Å²) in [5.41, 5.74) is 4.00. The molecule has 4 rings (SSSR count). The summed E-state index contributed by atoms with van der Waals surface area (Å²) in [6.07, 6.45) is 1.86. The first-order valence-electron chi connectivity index (χ1n) is 9.19. The largest absolute Gasteiger partial charge is 0.322 e. The SMILES string of the molecule is O=C(Nc1ccc2c(c1)N(C(=O)c1ccccc1)CCC2)c1ccccc1I. The molecule has 3 aromatic carbocycles. The first-order chi connectivity index (χ1) is 13.6. The summed E-state index contributed by atoms with van der Waals surface area (Å²) in [5.74, 6) is -0.163. The van der Waals surface area contributed by atoms with E-state index in [-0.39, 0.29) is 11.8 Å². The number of halogens is 1. The molecular formula is C23H19IN2O2. The number of carbonyl (C=O) groups is 2. The van der Waals surface area contributed by atoms with Crippen LogP contribution >= 0.6 is 22.6 Å². The molecule has 0 aromatic heterocycles. The van der Waals surface area contributed by atoms with E-state index in [9.17, 15) is 9.59 Å². The summed E-state index contributed by atoms with van der Waals surface area (Å²) in [4.78, 5) is 27.5. The minimum atomic E-state index is -0.151. The highest BCUT2D eigenvalue weighted by atomic mass is 127. The van der Waals surface area contributed by atoms with Crippen molar-refractivity contribution >= 4 is 45.8 Å². The van der Waals surface area contributed by atoms with Crippen molar-refractivity contribution in [2.75, 3.05) is 16.8 Å². The van der Waals surface area contributed by atoms with Gasteiger partial charge in [-0.1, -0.05) is 36.4 Å². The Morgan fingerprint density at radius 3 is 2.46 bits per heavy atom. The number of amides is 2. The summed E-state index contributed by atoms with van der Waals surface area (Å²) >= 11 is 2.16. The van der Waals surface area contributed by atoms with Gasteiger partial charge in [0.1, 0.15) is 0 Å². The molecule has 2 amide bonds. The normalized spacial score (nSPS) is 13.0. The average molecular weight is 482 g/mol. The van der Waals surface area contributed by atoms with Gasteiger partial charge in [0.2, 0.25) is 0 Å². The van der Waals surface area contributed by atoms with E-state index in [4.69, 9.17) is 0 Å². The van der Waals surface area contributed by atoms with Crippen LogP contribution in [0.2, 0.25) is 0 Å². The van der Waals surface area contributed by atoms with Crippen LogP contribution in [0, 0.1) is 3.57 Å². The van der Waals surface area contributed by atoms with E-state index >= 15 is 0 Å². The number of benzene rings is 3. The number of hydrogen-bond acceptors (Lipinski definition) is 2. The molecule has 0 saturated heterocycles. The molecule has 1 aliphatic heterocycles. The Labute approximate surface area is 177 Å². The van der Waals surface area contributed by atoms with Crippen molar-refractivity contribution < 1.29 is 9.59 Å². The van der Waals surface area contributed by atoms with E-state index in [0.29, 0.717) is 23.4 Å². The number of hydrogen-bond donors (Lipinski definition) is 1. The van der Waals surface area contributed by atoms with E-state index in [2.05, 4.69) is 27.9 Å². The Morgan fingerprint density at radius 1 is 0.929 bits per heavy atom. The molecule has 0 bridgehead atoms. The van der Waals surface area contributed by atoms with Crippen LogP contribution in [0.4, 0.5) is 11.4 Å². The first kappa shape index (κ1) is 18.7. The van der Waals surface area contributed by atoms with Gasteiger partial charge >= 0.3 is 0 Å². The zero-order chi connectivity index (χ0) is 19.5. The van der Waals surface area contributed by atoms with Crippen LogP contribution in [0.1, 0.15) is 32.7 Å². The number of carbonyl (C=O) groups excluding carboxylic acids is 2. The summed E-state index contributed by atoms with van der Waals surface area (Å²) < 4.78 is 0.899. The van der Waals surface area contributed by atoms with Crippen LogP contribution < -0.4 is 10.2 Å². The van der Waals surface area contributed by atoms with Crippen LogP contribution in [-0.4, -0.2) is 18.4 Å². The number of anilines is 2. The van der Waals surface area contributed by atoms with Crippen molar-refractivity contribution in [2.24, 2.45) is 0 Å². The number of fused-ring (bicyclic) bond motifs is 1. The molecule has 1 aliphatic rings. The molecule has 0 unspecified atom stereocenters. The molecule has 28 heavy (non-hydrogen) atoms. The Balaban J connectivity index is 1.62. The number of rotatable bonds is 3. The topological polar surface area (TPSA) is 49.4 Å². The van der Waals surface area contributed by atoms with Gasteiger partial charge in [0.25, 0.3) is 11.8 Å². The maximum Gasteiger partial charge on any atom is 0.258 e. The molecule has 3 aromatic rings. The molecule has 140 valence electrons. The predicted molar refractivity (Wildman–Crippen MR) is 120 cm³/mol. The van der Waals surface area contributed by atoms with Gasteiger partial charge in [-0.15, -0.1) is 0 Å². The van der Waals surface area contributed by atoms with Crippen LogP contribution in [0.3, 0.4) is 0 Å². The smallest absolute Gasteiger partial charge is 0.258 e. The fourth-order valence-electron chi connectivity index (χ4n) is 3.44. The second kappa shape index (κ2) is 8.14. The molecule has 0 atom stereocenters. The first-order valence-corrected chi connectivity index (χ1v) is 10.3. The second-order valence-corrected chi connectivity index (χ2v) is 7.87. The maximum atomic E-state index is 13.0. The van der Waals surface area contributed by atoms with Crippen LogP contribution in [0.5, 0.6) is 0 Å². The van der Waals surface area contributed by atoms with Crippen molar-refractivity contribution in [2.45, 2.75) is 12.8 Å². The molecule has 0 saturated carbocycles. The van der Waals surface area contributed by atoms with Gasteiger partial charge in [-0.05, 0) is 77.4 Å². The fraction of sp³-hybridized carbons (Fsp3) is 0.130. The van der Waals surface area contributed by atoms with E-state index in [1.54, 1.807) is 6.07 Å². The molecule has 0 spiro atoms. The molecule has 5 heteroatoms. The Kier molecular flexibility index (Phi) is 5.43. The summed E-state index contributed by atoms with van der Waals surface area (Å²) in [6, 6.07) is 22.6. The van der Waals surface area contributed by atoms with Crippen molar-refractivity contribution in [3.8, 4) is 0 Å². The van der Waals surface area contributed by atoms with E-state index < -0.39 is 0 Å². The molecule has 0 aliphatic carbocycles. The lowest BCUT2D eigenvalue weighted by Gasteiger charge is -2.30. The lowest BCUT2D eigenvalue weighted by atomic mass is 10.00. The van der Waals surface area contributed by atoms with Crippen molar-refractivity contribution in [1.29, 1.82) is 0 Å². The van der Waals surface area contributed by atoms with Crippen LogP contribution in [0.25, 0.3) is 0 Å². The number of nitrogens with zero attached hydrogens (tertiary/aromatic N) is 1. The van der Waals surface area contributed by atoms with Gasteiger partial charge < -0.3 is 10.2 Å². The van der Waals surface area contributed by atoms with Gasteiger partial charge in [0.15, 0.2) is 0 Å². The zero-order valence-electron chi connectivity index (χ0n) is 15.2. The summed E-state index contributed by atoms with van der Waals surface area (Å²) in [5, 5.41) is 2.97. The lowest BCUT2D eigenvalue weighted by molar-refractivity contribution is 0.0984. The Bertz CT molecular complexity index is 1030. The molecule has 0 fully saturated rings. The highest BCUT2D eigenvalue weighted by molar-refractivity contribution is 14.1. The lowest BCUT2D eigenvalue weighted by Crippen LogP contribution is -2.35. The van der Waals surface area contributed by atoms with Gasteiger partial charge in [-0.2, -0.15) is 0 Å². The maximum absolute atomic E-state index is 13.0. The highest BCUT2D eigenvalue weighted by Gasteiger charge is 2.24. The molecule has 1 heterocycles. The second-order valence-electron chi connectivity index (χ2n) is 6.70. The minimum Gasteiger partial charge on any atom is -0.322 e. The summed E-state index contributed by atoms with van der Waals surface area (Å²) in [7, 11) is 0. The van der Waals surface area contributed by atoms with Crippen molar-refractivity contribution in [3.05, 3.63) is 93.1 Å². The Hall–Kier alpha value is -2.67. The molecule has 1 N–H and O–H groups in total. The minimum absolute atomic E-state index is 0.0114. The average Bonchev–Trinajstić information content (AvgIpc) is 2.73. The van der Waals surface area contributed by atoms with Gasteiger partial charge in [-0.3, -0.25) is 9.59 Å². The Morgan fingerprint density at radius 2 is 1.68 bits per heavy atom. The number of nitrogens with one attached hydrogen (secondary N) is 1. The van der Waals surface area contributed by atoms with E-state index in [1.807, 2.05) is 71.6 Å². The standard InChI is InChI=1S/C23H19IN2O2/c24-20-11-5-4-10-19(20)22(27)25-18-13-12-16-9-6-14-26(21(16)15-18)23(28)17-7-2-1-3-8-17/h1-5,7-8,10-13,15H,6,9,14H2,(H,25,27). The third-order valence-corrected chi connectivity index (χ3v) is 5.79. The van der Waals surface area contributed by atoms with E-state index in [1.165, 1.54) is 0 Å². The van der Waals surface area contributed by atoms with Crippen molar-refractivity contribution in [1.82, 2.24) is 0 Å². The third-order valence-electron chi connectivity index (χ3n) is 4.85. The van der Waals surface area contributed by atoms with Gasteiger partial charge in [0, 0.05) is 27.1 Å². The van der Waals surface area contributed by atoms with Gasteiger partial charge in [-0.25, -0.2) is 0 Å². The van der Waals surface area contributed by atoms with Gasteiger partial charge in [0.05, 0.1) is 5.56 Å². The fourth-order valence-corrected chi connectivity index (χ4v) is 4.08. The predicted octanol–water partition coefficient (Wildman–Crippen LogP) is 5.14. The quantitative estimate of drug-likeness (QED) is 0.526. The monoisotopic (exact) mass is 482 g/mol. The van der Waals surface area contributed by atoms with Crippen LogP contribution in [-0.2, 0) is 6.42 Å². The zero-order valence-corrected chi connectivity index (χ0v) is 17.3. The molecule has 0 radical (unpaired) electrons.